The van der Waals surface area contributed by atoms with Crippen LogP contribution in [-0.4, -0.2) is 58.6 Å². The fraction of sp³-hybridized carbons (Fsp3) is 0. The second-order valence-electron chi connectivity index (χ2n) is 24.6. The van der Waals surface area contributed by atoms with Gasteiger partial charge in [0.05, 0.1) is 103 Å². The Morgan fingerprint density at radius 2 is 0.471 bits per heavy atom. The van der Waals surface area contributed by atoms with Crippen molar-refractivity contribution in [1.82, 2.24) is 37.5 Å². The molecule has 104 heavy (non-hydrogen) atoms. The molecule has 0 radical (unpaired) electrons. The lowest BCUT2D eigenvalue weighted by Gasteiger charge is -2.17. The Bertz CT molecular complexity index is 7610. The first kappa shape index (κ1) is 61.1. The number of aromatic nitrogens is 8. The Labute approximate surface area is 584 Å². The lowest BCUT2D eigenvalue weighted by Crippen LogP contribution is -2.18. The topological polar surface area (TPSA) is 361 Å². The van der Waals surface area contributed by atoms with Gasteiger partial charge in [-0.2, -0.15) is 0 Å². The van der Waals surface area contributed by atoms with Gasteiger partial charge in [0.1, 0.15) is 22.6 Å². The lowest BCUT2D eigenvalue weighted by atomic mass is 9.86. The summed E-state index contributed by atoms with van der Waals surface area (Å²) in [5, 5.41) is 59.5. The molecule has 4 N–H and O–H groups in total. The summed E-state index contributed by atoms with van der Waals surface area (Å²) in [6.07, 6.45) is 0. The summed E-state index contributed by atoms with van der Waals surface area (Å²) in [6.45, 7) is 0. The monoisotopic (exact) mass is 1450 g/mol. The minimum Gasteiger partial charge on any atom is -0.289 e. The van der Waals surface area contributed by atoms with Crippen molar-refractivity contribution in [2.45, 2.75) is 19.6 Å². The molecule has 0 saturated carbocycles. The molecular weight excluding hydrogens is 1430 g/mol. The summed E-state index contributed by atoms with van der Waals surface area (Å²) >= 11 is 2.96. The Hall–Kier alpha value is -11.6. The van der Waals surface area contributed by atoms with E-state index in [2.05, 4.69) is 37.5 Å². The van der Waals surface area contributed by atoms with Gasteiger partial charge in [0.15, 0.2) is 21.7 Å². The Morgan fingerprint density at radius 1 is 0.240 bits per heavy atom. The van der Waals surface area contributed by atoms with Gasteiger partial charge in [-0.05, 0) is 143 Å². The number of hydrogen-bond acceptors (Lipinski definition) is 28. The molecule has 14 aromatic carbocycles. The summed E-state index contributed by atoms with van der Waals surface area (Å²) in [4.78, 5) is 135. The lowest BCUT2D eigenvalue weighted by molar-refractivity contribution is -0.432. The van der Waals surface area contributed by atoms with Crippen LogP contribution in [0.1, 0.15) is 0 Å². The van der Waals surface area contributed by atoms with Gasteiger partial charge in [0.2, 0.25) is 0 Å². The molecule has 0 spiro atoms. The first-order chi connectivity index (χ1) is 50.7. The van der Waals surface area contributed by atoms with Crippen LogP contribution >= 0.6 is 48.2 Å². The second-order valence-corrected chi connectivity index (χ2v) is 27.7. The van der Waals surface area contributed by atoms with Gasteiger partial charge in [-0.1, -0.05) is 44.4 Å². The fourth-order valence-electron chi connectivity index (χ4n) is 16.1. The normalized spacial score (nSPS) is 12.8. The smallest absolute Gasteiger partial charge is 0.264 e. The van der Waals surface area contributed by atoms with Crippen LogP contribution in [0.5, 0.6) is 0 Å². The molecule has 0 amide bonds. The van der Waals surface area contributed by atoms with E-state index in [9.17, 15) is 38.4 Å². The molecule has 0 fully saturated rings. The van der Waals surface area contributed by atoms with Crippen molar-refractivity contribution in [3.05, 3.63) is 228 Å². The quantitative estimate of drug-likeness (QED) is 0.0290. The van der Waals surface area contributed by atoms with Crippen molar-refractivity contribution in [3.8, 4) is 0 Å². The second kappa shape index (κ2) is 21.9. The Balaban J connectivity index is 0.000000134. The number of benzene rings is 14. The predicted octanol–water partition coefficient (Wildman–Crippen LogP) is 12.5. The maximum atomic E-state index is 14.3. The molecule has 0 aliphatic rings. The zero-order valence-electron chi connectivity index (χ0n) is 51.4. The van der Waals surface area contributed by atoms with Crippen LogP contribution < -0.4 is 44.0 Å². The zero-order valence-corrected chi connectivity index (χ0v) is 54.7. The van der Waals surface area contributed by atoms with Crippen LogP contribution in [0, 0.1) is 0 Å². The summed E-state index contributed by atoms with van der Waals surface area (Å²) in [6, 6.07) is 39.9. The third-order valence-electron chi connectivity index (χ3n) is 19.9. The average Bonchev–Trinajstić information content (AvgIpc) is 1.02. The van der Waals surface area contributed by atoms with Crippen molar-refractivity contribution >= 4 is 244 Å². The maximum Gasteiger partial charge on any atom is 0.264 e. The molecule has 500 valence electrons. The molecule has 0 bridgehead atoms. The van der Waals surface area contributed by atoms with E-state index >= 15 is 0 Å². The predicted molar refractivity (Wildman–Crippen MR) is 390 cm³/mol. The van der Waals surface area contributed by atoms with Gasteiger partial charge in [-0.25, -0.2) is 41.0 Å². The SMILES string of the molecule is O=c1cc2c(=O)n3c4cc(SOOO)ccc4nc3c3ccc4c5ccc6c7c(cc(=O)c(c1c4c23)c57)c(=O)n1c2cc(SOOO)ccc2nc61.O=c1cc2c3c(ccc4c5ccc6c(=O)n7c8cc(SOOO)ccc8nc7c7cc(=O)c(c1c43)c5c67)c(=O)n1c3cc(SOOO)ccc3nc21. The van der Waals surface area contributed by atoms with E-state index in [1.165, 1.54) is 41.9 Å². The Morgan fingerprint density at radius 3 is 0.750 bits per heavy atom. The summed E-state index contributed by atoms with van der Waals surface area (Å²) in [5.74, 6) is 0. The zero-order chi connectivity index (χ0) is 70.3. The molecule has 32 heteroatoms. The van der Waals surface area contributed by atoms with Gasteiger partial charge < -0.3 is 0 Å². The highest BCUT2D eigenvalue weighted by atomic mass is 32.2. The first-order valence-electron chi connectivity index (χ1n) is 30.9. The number of hydrogen-bond donors (Lipinski definition) is 4. The molecule has 8 aromatic heterocycles. The molecule has 0 unspecified atom stereocenters. The molecule has 0 saturated heterocycles. The van der Waals surface area contributed by atoms with Crippen molar-refractivity contribution in [2.24, 2.45) is 0 Å². The van der Waals surface area contributed by atoms with Crippen molar-refractivity contribution in [3.63, 3.8) is 0 Å². The highest BCUT2D eigenvalue weighted by Gasteiger charge is 2.30. The van der Waals surface area contributed by atoms with Crippen LogP contribution in [0.4, 0.5) is 0 Å². The van der Waals surface area contributed by atoms with Crippen molar-refractivity contribution in [1.29, 1.82) is 0 Å². The molecule has 22 rings (SSSR count). The summed E-state index contributed by atoms with van der Waals surface area (Å²) < 4.78 is 24.0. The van der Waals surface area contributed by atoms with Crippen molar-refractivity contribution in [2.75, 3.05) is 0 Å². The minimum atomic E-state index is -0.510. The molecular formula is C72H28N8O20S4. The van der Waals surface area contributed by atoms with E-state index < -0.39 is 32.8 Å². The standard InChI is InChI=1S/2C36H14N4O10S2/c41-25-11-19-27-17(35(43)39-23-9-13(51-49-47-45)1-7-21(23)37-33(19)39)5-3-15-16-4-6-18-28-20(12-26(42)32(30(16)28)31(25)29(15)27)34-38-22-8-2-14(52-50-48-46)10-24(22)40(34)36(18)44;41-25-11-19-27-17(33-37-21-7-1-13(51-49-47-45)9-23(21)39(33)35(19)43)5-3-15-16-4-6-18-28-20(12-26(42)32(30(16)28)31(25)29(15)27)36(44)40-24-10-14(52-50-48-46)2-8-22(24)38-34(18)40/h2*1-12,45-46H. The minimum absolute atomic E-state index is 0.160. The van der Waals surface area contributed by atoms with Crippen molar-refractivity contribution < 1.29 is 58.5 Å². The van der Waals surface area contributed by atoms with E-state index in [0.29, 0.717) is 172 Å². The molecule has 8 heterocycles. The number of pyridine rings is 4. The molecule has 22 aromatic rings. The third kappa shape index (κ3) is 8.00. The Kier molecular flexibility index (Phi) is 12.9. The number of fused-ring (bicyclic) bond motifs is 20. The largest absolute Gasteiger partial charge is 0.289 e. The maximum absolute atomic E-state index is 14.3. The fourth-order valence-corrected chi connectivity index (χ4v) is 17.7. The van der Waals surface area contributed by atoms with Crippen LogP contribution in [0.15, 0.2) is 204 Å². The van der Waals surface area contributed by atoms with Crippen LogP contribution in [0.25, 0.3) is 196 Å². The van der Waals surface area contributed by atoms with Gasteiger partial charge in [0, 0.05) is 117 Å². The summed E-state index contributed by atoms with van der Waals surface area (Å²) in [7, 11) is 0. The van der Waals surface area contributed by atoms with E-state index in [0.717, 1.165) is 48.2 Å². The van der Waals surface area contributed by atoms with E-state index in [-0.39, 0.29) is 54.7 Å². The van der Waals surface area contributed by atoms with Gasteiger partial charge in [-0.15, -0.1) is 17.3 Å². The average molecular weight is 1450 g/mol. The van der Waals surface area contributed by atoms with E-state index in [4.69, 9.17) is 41.0 Å². The molecule has 28 nitrogen and oxygen atoms in total. The van der Waals surface area contributed by atoms with E-state index in [1.54, 1.807) is 97.1 Å². The molecule has 0 aliphatic heterocycles. The van der Waals surface area contributed by atoms with Gasteiger partial charge in [-0.3, -0.25) is 56.0 Å². The number of rotatable bonds is 12. The first-order valence-corrected chi connectivity index (χ1v) is 33.9. The van der Waals surface area contributed by atoms with Crippen LogP contribution in [-0.2, 0) is 37.5 Å². The highest BCUT2D eigenvalue weighted by molar-refractivity contribution is 7.95. The van der Waals surface area contributed by atoms with E-state index in [1.807, 2.05) is 24.3 Å². The molecule has 0 atom stereocenters. The third-order valence-corrected chi connectivity index (χ3v) is 22.2. The van der Waals surface area contributed by atoms with Gasteiger partial charge in [0.25, 0.3) is 22.2 Å². The van der Waals surface area contributed by atoms with Crippen LogP contribution in [0.2, 0.25) is 0 Å². The van der Waals surface area contributed by atoms with Gasteiger partial charge >= 0.3 is 0 Å². The number of nitrogens with zero attached hydrogens (tertiary/aromatic N) is 8. The molecule has 0 aliphatic carbocycles. The highest BCUT2D eigenvalue weighted by Crippen LogP contribution is 2.47. The van der Waals surface area contributed by atoms with Crippen LogP contribution in [0.3, 0.4) is 0 Å². The summed E-state index contributed by atoms with van der Waals surface area (Å²) in [5.41, 5.74) is 1.57. The number of imidazole rings is 4.